The lowest BCUT2D eigenvalue weighted by molar-refractivity contribution is -0.116. The number of H-pyrrole nitrogens is 1. The van der Waals surface area contributed by atoms with E-state index in [9.17, 15) is 14.4 Å². The molecule has 0 aliphatic carbocycles. The molecule has 0 aliphatic heterocycles. The summed E-state index contributed by atoms with van der Waals surface area (Å²) in [5, 5.41) is 2.87. The molecule has 0 radical (unpaired) electrons. The summed E-state index contributed by atoms with van der Waals surface area (Å²) in [5.41, 5.74) is 3.39. The first-order chi connectivity index (χ1) is 14.4. The smallest absolute Gasteiger partial charge is 0.329 e. The van der Waals surface area contributed by atoms with Crippen LogP contribution in [-0.4, -0.2) is 39.4 Å². The maximum absolute atomic E-state index is 13.0. The second kappa shape index (κ2) is 9.26. The molecule has 0 fully saturated rings. The van der Waals surface area contributed by atoms with E-state index in [1.807, 2.05) is 45.0 Å². The summed E-state index contributed by atoms with van der Waals surface area (Å²) in [4.78, 5) is 41.6. The first kappa shape index (κ1) is 21.1. The molecule has 0 unspecified atom stereocenters. The third-order valence-electron chi connectivity index (χ3n) is 4.87. The third-order valence-corrected chi connectivity index (χ3v) is 4.87. The Morgan fingerprint density at radius 1 is 1.07 bits per heavy atom. The number of amides is 2. The lowest BCUT2D eigenvalue weighted by atomic mass is 10.1. The fourth-order valence-corrected chi connectivity index (χ4v) is 3.31. The highest BCUT2D eigenvalue weighted by Crippen LogP contribution is 2.15. The number of para-hydroxylation sites is 1. The fraction of sp³-hybridized carbons (Fsp3) is 0.261. The minimum Gasteiger partial charge on any atom is -0.329 e. The van der Waals surface area contributed by atoms with Crippen LogP contribution in [0, 0.1) is 13.8 Å². The van der Waals surface area contributed by atoms with Crippen LogP contribution < -0.4 is 11.0 Å². The summed E-state index contributed by atoms with van der Waals surface area (Å²) < 4.78 is 1.54. The van der Waals surface area contributed by atoms with Crippen molar-refractivity contribution in [1.82, 2.24) is 14.5 Å². The van der Waals surface area contributed by atoms with E-state index in [0.29, 0.717) is 17.8 Å². The fourth-order valence-electron chi connectivity index (χ4n) is 3.31. The van der Waals surface area contributed by atoms with Crippen molar-refractivity contribution in [2.75, 3.05) is 18.4 Å². The summed E-state index contributed by atoms with van der Waals surface area (Å²) in [6.07, 6.45) is 2.37. The van der Waals surface area contributed by atoms with Crippen LogP contribution in [-0.2, 0) is 4.79 Å². The van der Waals surface area contributed by atoms with E-state index in [1.165, 1.54) is 9.47 Å². The summed E-state index contributed by atoms with van der Waals surface area (Å²) in [7, 11) is 0. The van der Waals surface area contributed by atoms with Crippen LogP contribution >= 0.6 is 0 Å². The summed E-state index contributed by atoms with van der Waals surface area (Å²) >= 11 is 0. The Kier molecular flexibility index (Phi) is 6.51. The van der Waals surface area contributed by atoms with Gasteiger partial charge in [0.15, 0.2) is 0 Å². The molecule has 0 saturated carbocycles. The lowest BCUT2D eigenvalue weighted by Gasteiger charge is -2.22. The van der Waals surface area contributed by atoms with Gasteiger partial charge in [0.25, 0.3) is 5.91 Å². The molecular weight excluding hydrogens is 380 g/mol. The van der Waals surface area contributed by atoms with Gasteiger partial charge in [0.2, 0.25) is 5.91 Å². The van der Waals surface area contributed by atoms with Gasteiger partial charge in [-0.05, 0) is 56.2 Å². The minimum absolute atomic E-state index is 0.0286. The highest BCUT2D eigenvalue weighted by molar-refractivity contribution is 5.99. The summed E-state index contributed by atoms with van der Waals surface area (Å²) in [6, 6.07) is 14.3. The first-order valence-electron chi connectivity index (χ1n) is 9.93. The number of carbonyl (C=O) groups excluding carboxylic acids is 2. The van der Waals surface area contributed by atoms with Crippen molar-refractivity contribution >= 4 is 17.5 Å². The Balaban J connectivity index is 1.74. The number of anilines is 1. The van der Waals surface area contributed by atoms with E-state index in [2.05, 4.69) is 10.3 Å². The number of hydrogen-bond acceptors (Lipinski definition) is 3. The first-order valence-corrected chi connectivity index (χ1v) is 9.93. The number of aromatic nitrogens is 2. The Morgan fingerprint density at radius 2 is 1.77 bits per heavy atom. The minimum atomic E-state index is -0.239. The van der Waals surface area contributed by atoms with E-state index in [1.54, 1.807) is 30.5 Å². The molecule has 2 N–H and O–H groups in total. The molecule has 0 saturated heterocycles. The van der Waals surface area contributed by atoms with Crippen molar-refractivity contribution in [3.05, 3.63) is 82.0 Å². The highest BCUT2D eigenvalue weighted by atomic mass is 16.2. The Hall–Kier alpha value is -3.61. The molecule has 1 aromatic heterocycles. The molecule has 7 heteroatoms. The van der Waals surface area contributed by atoms with E-state index < -0.39 is 0 Å². The number of aryl methyl sites for hydroxylation is 2. The molecule has 1 heterocycles. The number of hydrogen-bond donors (Lipinski definition) is 2. The van der Waals surface area contributed by atoms with Crippen LogP contribution in [0.2, 0.25) is 0 Å². The van der Waals surface area contributed by atoms with Gasteiger partial charge in [-0.15, -0.1) is 0 Å². The monoisotopic (exact) mass is 406 g/mol. The number of imidazole rings is 1. The molecule has 3 rings (SSSR count). The predicted octanol–water partition coefficient (Wildman–Crippen LogP) is 3.27. The molecule has 30 heavy (non-hydrogen) atoms. The molecule has 0 atom stereocenters. The molecule has 156 valence electrons. The average Bonchev–Trinajstić information content (AvgIpc) is 3.07. The zero-order valence-electron chi connectivity index (χ0n) is 17.4. The predicted molar refractivity (Wildman–Crippen MR) is 117 cm³/mol. The zero-order valence-corrected chi connectivity index (χ0v) is 17.4. The Morgan fingerprint density at radius 3 is 2.37 bits per heavy atom. The molecule has 2 aromatic carbocycles. The molecule has 0 aliphatic rings. The van der Waals surface area contributed by atoms with Crippen molar-refractivity contribution in [3.63, 3.8) is 0 Å². The number of benzene rings is 2. The van der Waals surface area contributed by atoms with E-state index in [4.69, 9.17) is 0 Å². The zero-order chi connectivity index (χ0) is 21.7. The number of aromatic amines is 1. The highest BCUT2D eigenvalue weighted by Gasteiger charge is 2.19. The maximum Gasteiger partial charge on any atom is 0.330 e. The summed E-state index contributed by atoms with van der Waals surface area (Å²) in [5.74, 6) is -0.460. The topological polar surface area (TPSA) is 87.2 Å². The van der Waals surface area contributed by atoms with Crippen molar-refractivity contribution in [3.8, 4) is 5.69 Å². The van der Waals surface area contributed by atoms with Crippen LogP contribution in [0.1, 0.15) is 35.0 Å². The maximum atomic E-state index is 13.0. The van der Waals surface area contributed by atoms with Crippen LogP contribution in [0.15, 0.2) is 59.5 Å². The van der Waals surface area contributed by atoms with Gasteiger partial charge in [-0.2, -0.15) is 0 Å². The van der Waals surface area contributed by atoms with E-state index in [0.717, 1.165) is 23.4 Å². The van der Waals surface area contributed by atoms with Gasteiger partial charge in [-0.25, -0.2) is 4.79 Å². The van der Waals surface area contributed by atoms with Crippen LogP contribution in [0.5, 0.6) is 0 Å². The van der Waals surface area contributed by atoms with Crippen molar-refractivity contribution < 1.29 is 9.59 Å². The van der Waals surface area contributed by atoms with Crippen LogP contribution in [0.4, 0.5) is 5.69 Å². The van der Waals surface area contributed by atoms with Gasteiger partial charge in [-0.3, -0.25) is 14.2 Å². The largest absolute Gasteiger partial charge is 0.330 e. The molecule has 3 aromatic rings. The standard InChI is InChI=1S/C23H26N4O3/c1-4-13-26(15-21(28)25-20-8-6-5-7-16(20)2)22(29)18-9-11-19(12-10-18)27-17(3)14-24-23(27)30/h5-12,14H,4,13,15H2,1-3H3,(H,24,30)(H,25,28). The SMILES string of the molecule is CCCN(CC(=O)Nc1ccccc1C)C(=O)c1ccc(-n2c(C)c[nH]c2=O)cc1. The number of carbonyl (C=O) groups is 2. The van der Waals surface area contributed by atoms with Gasteiger partial charge in [0.1, 0.15) is 6.54 Å². The van der Waals surface area contributed by atoms with Crippen molar-refractivity contribution in [1.29, 1.82) is 0 Å². The van der Waals surface area contributed by atoms with Gasteiger partial charge in [0.05, 0.1) is 5.69 Å². The number of rotatable bonds is 7. The molecule has 7 nitrogen and oxygen atoms in total. The normalized spacial score (nSPS) is 10.6. The van der Waals surface area contributed by atoms with E-state index >= 15 is 0 Å². The molecule has 2 amide bonds. The Bertz CT molecular complexity index is 1100. The van der Waals surface area contributed by atoms with Gasteiger partial charge in [-0.1, -0.05) is 25.1 Å². The van der Waals surface area contributed by atoms with Crippen molar-refractivity contribution in [2.24, 2.45) is 0 Å². The Labute approximate surface area is 175 Å². The van der Waals surface area contributed by atoms with Gasteiger partial charge in [0, 0.05) is 29.7 Å². The quantitative estimate of drug-likeness (QED) is 0.631. The number of nitrogens with zero attached hydrogens (tertiary/aromatic N) is 2. The molecule has 0 bridgehead atoms. The summed E-state index contributed by atoms with van der Waals surface area (Å²) in [6.45, 7) is 6.15. The molecule has 0 spiro atoms. The third kappa shape index (κ3) is 4.68. The van der Waals surface area contributed by atoms with Crippen LogP contribution in [0.3, 0.4) is 0 Å². The average molecular weight is 406 g/mol. The van der Waals surface area contributed by atoms with Gasteiger partial charge < -0.3 is 15.2 Å². The van der Waals surface area contributed by atoms with E-state index in [-0.39, 0.29) is 24.0 Å². The second-order valence-electron chi connectivity index (χ2n) is 7.21. The lowest BCUT2D eigenvalue weighted by Crippen LogP contribution is -2.38. The van der Waals surface area contributed by atoms with Crippen molar-refractivity contribution in [2.45, 2.75) is 27.2 Å². The number of nitrogens with one attached hydrogen (secondary N) is 2. The van der Waals surface area contributed by atoms with Gasteiger partial charge >= 0.3 is 5.69 Å². The van der Waals surface area contributed by atoms with Crippen LogP contribution in [0.25, 0.3) is 5.69 Å². The second-order valence-corrected chi connectivity index (χ2v) is 7.21. The molecular formula is C23H26N4O3.